The molecular weight excluding hydrogens is 322 g/mol. The predicted molar refractivity (Wildman–Crippen MR) is 76.8 cm³/mol. The van der Waals surface area contributed by atoms with Gasteiger partial charge in [-0.15, -0.1) is 0 Å². The minimum Gasteiger partial charge on any atom is -0.348 e. The summed E-state index contributed by atoms with van der Waals surface area (Å²) in [5.41, 5.74) is -3.33. The quantitative estimate of drug-likeness (QED) is 0.656. The van der Waals surface area contributed by atoms with E-state index in [9.17, 15) is 21.8 Å². The monoisotopic (exact) mass is 341 g/mol. The molecule has 0 aromatic heterocycles. The van der Waals surface area contributed by atoms with Crippen molar-refractivity contribution >= 4 is 11.0 Å². The van der Waals surface area contributed by atoms with Gasteiger partial charge in [-0.3, -0.25) is 0 Å². The molecule has 1 rings (SSSR count). The molecule has 0 amide bonds. The standard InChI is InChI=1S/C14H19F4NO2S/c1-5-21-13(14(16,17)18,19-22(20)12(2,3)4)10-6-8-11(15)9-7-10/h6-9,19H,5H2,1-4H3. The Morgan fingerprint density at radius 1 is 1.14 bits per heavy atom. The van der Waals surface area contributed by atoms with Crippen LogP contribution in [0.4, 0.5) is 17.6 Å². The first-order chi connectivity index (χ1) is 9.94. The molecule has 1 N–H and O–H groups in total. The largest absolute Gasteiger partial charge is 0.436 e. The molecule has 0 spiro atoms. The number of hydrogen-bond acceptors (Lipinski definition) is 2. The molecule has 0 heterocycles. The summed E-state index contributed by atoms with van der Waals surface area (Å²) in [6, 6.07) is 3.73. The van der Waals surface area contributed by atoms with Gasteiger partial charge in [0.25, 0.3) is 5.72 Å². The van der Waals surface area contributed by atoms with Crippen LogP contribution in [0, 0.1) is 5.82 Å². The van der Waals surface area contributed by atoms with Crippen molar-refractivity contribution < 1.29 is 26.5 Å². The van der Waals surface area contributed by atoms with Crippen molar-refractivity contribution in [3.05, 3.63) is 35.6 Å². The topological polar surface area (TPSA) is 38.3 Å². The second kappa shape index (κ2) is 6.64. The molecule has 8 heteroatoms. The van der Waals surface area contributed by atoms with E-state index in [2.05, 4.69) is 0 Å². The molecule has 0 aliphatic carbocycles. The average Bonchev–Trinajstić information content (AvgIpc) is 2.36. The van der Waals surface area contributed by atoms with Crippen molar-refractivity contribution in [1.82, 2.24) is 4.72 Å². The van der Waals surface area contributed by atoms with Gasteiger partial charge in [0.1, 0.15) is 5.82 Å². The van der Waals surface area contributed by atoms with Crippen LogP contribution in [0.25, 0.3) is 0 Å². The average molecular weight is 341 g/mol. The van der Waals surface area contributed by atoms with Gasteiger partial charge in [-0.25, -0.2) is 8.60 Å². The van der Waals surface area contributed by atoms with Gasteiger partial charge in [0.05, 0.1) is 15.7 Å². The maximum absolute atomic E-state index is 13.7. The number of nitrogens with one attached hydrogen (secondary N) is 1. The van der Waals surface area contributed by atoms with E-state index in [1.54, 1.807) is 0 Å². The van der Waals surface area contributed by atoms with Crippen LogP contribution in [0.3, 0.4) is 0 Å². The predicted octanol–water partition coefficient (Wildman–Crippen LogP) is 3.63. The first-order valence-electron chi connectivity index (χ1n) is 6.60. The van der Waals surface area contributed by atoms with Crippen LogP contribution in [0.1, 0.15) is 33.3 Å². The summed E-state index contributed by atoms with van der Waals surface area (Å²) in [6.45, 7) is 5.73. The van der Waals surface area contributed by atoms with E-state index < -0.39 is 33.5 Å². The van der Waals surface area contributed by atoms with Gasteiger partial charge in [0.2, 0.25) is 0 Å². The highest BCUT2D eigenvalue weighted by Gasteiger charge is 2.59. The van der Waals surface area contributed by atoms with Crippen molar-refractivity contribution in [3.8, 4) is 0 Å². The Labute approximate surface area is 129 Å². The van der Waals surface area contributed by atoms with E-state index in [1.165, 1.54) is 27.7 Å². The van der Waals surface area contributed by atoms with Gasteiger partial charge in [0, 0.05) is 12.2 Å². The fourth-order valence-electron chi connectivity index (χ4n) is 1.66. The molecule has 22 heavy (non-hydrogen) atoms. The molecular formula is C14H19F4NO2S. The fraction of sp³-hybridized carbons (Fsp3) is 0.571. The summed E-state index contributed by atoms with van der Waals surface area (Å²) in [4.78, 5) is 0. The zero-order valence-electron chi connectivity index (χ0n) is 12.8. The summed E-state index contributed by atoms with van der Waals surface area (Å²) in [5.74, 6) is -0.673. The number of ether oxygens (including phenoxy) is 1. The molecule has 0 radical (unpaired) electrons. The Hall–Kier alpha value is -0.990. The zero-order chi connectivity index (χ0) is 17.2. The summed E-state index contributed by atoms with van der Waals surface area (Å²) >= 11 is 0. The Bertz CT molecular complexity index is 525. The van der Waals surface area contributed by atoms with Gasteiger partial charge < -0.3 is 4.74 Å². The number of rotatable bonds is 5. The molecule has 2 atom stereocenters. The molecule has 1 aromatic rings. The van der Waals surface area contributed by atoms with Crippen LogP contribution >= 0.6 is 0 Å². The van der Waals surface area contributed by atoms with E-state index in [-0.39, 0.29) is 12.2 Å². The van der Waals surface area contributed by atoms with E-state index in [0.717, 1.165) is 24.3 Å². The van der Waals surface area contributed by atoms with Crippen LogP contribution in [0.15, 0.2) is 24.3 Å². The lowest BCUT2D eigenvalue weighted by Gasteiger charge is -2.37. The molecule has 2 unspecified atom stereocenters. The second-order valence-electron chi connectivity index (χ2n) is 5.60. The van der Waals surface area contributed by atoms with Crippen molar-refractivity contribution in [3.63, 3.8) is 0 Å². The smallest absolute Gasteiger partial charge is 0.348 e. The normalized spacial score (nSPS) is 17.1. The number of hydrogen-bond donors (Lipinski definition) is 1. The Morgan fingerprint density at radius 2 is 1.64 bits per heavy atom. The molecule has 0 fully saturated rings. The number of halogens is 4. The maximum Gasteiger partial charge on any atom is 0.436 e. The van der Waals surface area contributed by atoms with Crippen molar-refractivity contribution in [2.75, 3.05) is 6.61 Å². The Kier molecular flexibility index (Phi) is 5.75. The minimum atomic E-state index is -4.89. The molecule has 0 aliphatic rings. The van der Waals surface area contributed by atoms with Crippen LogP contribution in [0.5, 0.6) is 0 Å². The van der Waals surface area contributed by atoms with Crippen LogP contribution < -0.4 is 4.72 Å². The van der Waals surface area contributed by atoms with Gasteiger partial charge in [-0.2, -0.15) is 17.9 Å². The summed E-state index contributed by atoms with van der Waals surface area (Å²) in [5, 5.41) is 0. The van der Waals surface area contributed by atoms with Crippen molar-refractivity contribution in [2.45, 2.75) is 44.3 Å². The van der Waals surface area contributed by atoms with Crippen LogP contribution in [-0.4, -0.2) is 21.7 Å². The van der Waals surface area contributed by atoms with E-state index in [1.807, 2.05) is 4.72 Å². The van der Waals surface area contributed by atoms with Gasteiger partial charge in [-0.05, 0) is 39.8 Å². The molecule has 0 bridgehead atoms. The third-order valence-corrected chi connectivity index (χ3v) is 4.39. The number of benzene rings is 1. The number of alkyl halides is 3. The third kappa shape index (κ3) is 4.05. The molecule has 126 valence electrons. The maximum atomic E-state index is 13.7. The van der Waals surface area contributed by atoms with Gasteiger partial charge in [-0.1, -0.05) is 12.1 Å². The van der Waals surface area contributed by atoms with Crippen molar-refractivity contribution in [1.29, 1.82) is 0 Å². The SMILES string of the molecule is CCOC(NS(=O)C(C)(C)C)(c1ccc(F)cc1)C(F)(F)F. The lowest BCUT2D eigenvalue weighted by atomic mass is 10.0. The van der Waals surface area contributed by atoms with E-state index in [0.29, 0.717) is 0 Å². The molecule has 3 nitrogen and oxygen atoms in total. The van der Waals surface area contributed by atoms with Crippen molar-refractivity contribution in [2.24, 2.45) is 0 Å². The first kappa shape index (κ1) is 19.1. The third-order valence-electron chi connectivity index (χ3n) is 2.80. The van der Waals surface area contributed by atoms with Gasteiger partial charge in [0.15, 0.2) is 0 Å². The highest BCUT2D eigenvalue weighted by atomic mass is 32.2. The molecule has 0 saturated carbocycles. The fourth-order valence-corrected chi connectivity index (χ4v) is 2.52. The van der Waals surface area contributed by atoms with Crippen LogP contribution in [-0.2, 0) is 21.4 Å². The molecule has 0 saturated heterocycles. The highest BCUT2D eigenvalue weighted by Crippen LogP contribution is 2.41. The summed E-state index contributed by atoms with van der Waals surface area (Å²) in [7, 11) is -2.05. The second-order valence-corrected chi connectivity index (χ2v) is 7.57. The summed E-state index contributed by atoms with van der Waals surface area (Å²) in [6.07, 6.45) is -4.89. The first-order valence-corrected chi connectivity index (χ1v) is 7.75. The van der Waals surface area contributed by atoms with Gasteiger partial charge >= 0.3 is 6.18 Å². The van der Waals surface area contributed by atoms with E-state index in [4.69, 9.17) is 4.74 Å². The zero-order valence-corrected chi connectivity index (χ0v) is 13.6. The lowest BCUT2D eigenvalue weighted by Crippen LogP contribution is -2.58. The summed E-state index contributed by atoms with van der Waals surface area (Å²) < 4.78 is 72.3. The van der Waals surface area contributed by atoms with Crippen LogP contribution in [0.2, 0.25) is 0 Å². The lowest BCUT2D eigenvalue weighted by molar-refractivity contribution is -0.289. The molecule has 1 aromatic carbocycles. The Morgan fingerprint density at radius 3 is 2.00 bits per heavy atom. The Balaban J connectivity index is 3.41. The molecule has 0 aliphatic heterocycles. The van der Waals surface area contributed by atoms with E-state index >= 15 is 0 Å². The minimum absolute atomic E-state index is 0.273. The highest BCUT2D eigenvalue weighted by molar-refractivity contribution is 7.84.